The Kier molecular flexibility index (Phi) is 3.96. The fourth-order valence-electron chi connectivity index (χ4n) is 1.28. The van der Waals surface area contributed by atoms with Crippen molar-refractivity contribution in [3.05, 3.63) is 42.2 Å². The first-order valence-electron chi connectivity index (χ1n) is 4.99. The quantitative estimate of drug-likeness (QED) is 0.635. The lowest BCUT2D eigenvalue weighted by Crippen LogP contribution is -2.03. The summed E-state index contributed by atoms with van der Waals surface area (Å²) in [6.45, 7) is 0.762. The Morgan fingerprint density at radius 3 is 2.94 bits per heavy atom. The van der Waals surface area contributed by atoms with E-state index in [1.165, 1.54) is 0 Å². The zero-order valence-electron chi connectivity index (χ0n) is 9.01. The van der Waals surface area contributed by atoms with E-state index in [2.05, 4.69) is 15.3 Å². The van der Waals surface area contributed by atoms with Crippen molar-refractivity contribution in [1.29, 1.82) is 0 Å². The summed E-state index contributed by atoms with van der Waals surface area (Å²) in [4.78, 5) is 8.01. The molecule has 0 saturated heterocycles. The summed E-state index contributed by atoms with van der Waals surface area (Å²) >= 11 is 1.64. The minimum absolute atomic E-state index is 0.762. The third kappa shape index (κ3) is 3.08. The minimum Gasteiger partial charge on any atom is -0.464 e. The molecule has 0 aliphatic heterocycles. The van der Waals surface area contributed by atoms with Gasteiger partial charge in [-0.25, -0.2) is 9.97 Å². The van der Waals surface area contributed by atoms with Crippen LogP contribution in [0, 0.1) is 0 Å². The molecular formula is C11H13N3OS. The van der Waals surface area contributed by atoms with Crippen molar-refractivity contribution in [1.82, 2.24) is 15.3 Å². The van der Waals surface area contributed by atoms with Crippen molar-refractivity contribution in [2.24, 2.45) is 0 Å². The number of hydrogen-bond donors (Lipinski definition) is 1. The molecule has 0 atom stereocenters. The summed E-state index contributed by atoms with van der Waals surface area (Å²) in [5.74, 6) is 2.72. The average Bonchev–Trinajstić information content (AvgIpc) is 2.76. The molecule has 0 aromatic carbocycles. The van der Waals surface area contributed by atoms with Crippen LogP contribution < -0.4 is 5.32 Å². The summed E-state index contributed by atoms with van der Waals surface area (Å²) < 4.78 is 5.62. The zero-order chi connectivity index (χ0) is 11.2. The second-order valence-electron chi connectivity index (χ2n) is 3.23. The SMILES string of the molecule is CNCc1ccc(CSc2ccncn2)o1. The van der Waals surface area contributed by atoms with E-state index in [1.807, 2.05) is 25.2 Å². The van der Waals surface area contributed by atoms with Gasteiger partial charge in [-0.1, -0.05) is 11.8 Å². The van der Waals surface area contributed by atoms with Crippen LogP contribution in [0.15, 0.2) is 40.2 Å². The van der Waals surface area contributed by atoms with E-state index >= 15 is 0 Å². The first-order valence-corrected chi connectivity index (χ1v) is 5.98. The molecule has 0 bridgehead atoms. The highest BCUT2D eigenvalue weighted by Crippen LogP contribution is 2.21. The van der Waals surface area contributed by atoms with Crippen LogP contribution >= 0.6 is 11.8 Å². The van der Waals surface area contributed by atoms with Gasteiger partial charge in [0.25, 0.3) is 0 Å². The van der Waals surface area contributed by atoms with Crippen LogP contribution in [-0.4, -0.2) is 17.0 Å². The molecular weight excluding hydrogens is 222 g/mol. The largest absolute Gasteiger partial charge is 0.464 e. The number of thioether (sulfide) groups is 1. The first-order chi connectivity index (χ1) is 7.88. The van der Waals surface area contributed by atoms with Gasteiger partial charge in [-0.3, -0.25) is 0 Å². The van der Waals surface area contributed by atoms with Crippen molar-refractivity contribution in [2.45, 2.75) is 17.3 Å². The fraction of sp³-hybridized carbons (Fsp3) is 0.273. The molecule has 2 heterocycles. The smallest absolute Gasteiger partial charge is 0.117 e. The fourth-order valence-corrected chi connectivity index (χ4v) is 2.00. The Hall–Kier alpha value is -1.33. The molecule has 1 N–H and O–H groups in total. The van der Waals surface area contributed by atoms with Crippen LogP contribution in [0.25, 0.3) is 0 Å². The van der Waals surface area contributed by atoms with E-state index in [0.717, 1.165) is 28.8 Å². The Labute approximate surface area is 98.5 Å². The summed E-state index contributed by atoms with van der Waals surface area (Å²) in [6.07, 6.45) is 3.29. The third-order valence-corrected chi connectivity index (χ3v) is 2.95. The summed E-state index contributed by atoms with van der Waals surface area (Å²) in [5, 5.41) is 4.01. The van der Waals surface area contributed by atoms with Crippen LogP contribution in [0.1, 0.15) is 11.5 Å². The molecule has 2 aromatic rings. The normalized spacial score (nSPS) is 10.6. The lowest BCUT2D eigenvalue weighted by Gasteiger charge is -1.97. The van der Waals surface area contributed by atoms with Crippen LogP contribution in [0.2, 0.25) is 0 Å². The van der Waals surface area contributed by atoms with Gasteiger partial charge in [0.2, 0.25) is 0 Å². The summed E-state index contributed by atoms with van der Waals surface area (Å²) in [5.41, 5.74) is 0. The third-order valence-electron chi connectivity index (χ3n) is 1.99. The average molecular weight is 235 g/mol. The minimum atomic E-state index is 0.762. The van der Waals surface area contributed by atoms with E-state index < -0.39 is 0 Å². The van der Waals surface area contributed by atoms with Gasteiger partial charge in [-0.15, -0.1) is 0 Å². The van der Waals surface area contributed by atoms with Gasteiger partial charge in [0.15, 0.2) is 0 Å². The first kappa shape index (κ1) is 11.2. The molecule has 5 heteroatoms. The van der Waals surface area contributed by atoms with Gasteiger partial charge < -0.3 is 9.73 Å². The Morgan fingerprint density at radius 2 is 2.19 bits per heavy atom. The monoisotopic (exact) mass is 235 g/mol. The highest BCUT2D eigenvalue weighted by atomic mass is 32.2. The van der Waals surface area contributed by atoms with Crippen LogP contribution in [0.5, 0.6) is 0 Å². The lowest BCUT2D eigenvalue weighted by atomic mass is 10.4. The second-order valence-corrected chi connectivity index (χ2v) is 4.23. The highest BCUT2D eigenvalue weighted by Gasteiger charge is 2.02. The topological polar surface area (TPSA) is 51.0 Å². The molecule has 0 radical (unpaired) electrons. The van der Waals surface area contributed by atoms with Crippen molar-refractivity contribution in [2.75, 3.05) is 7.05 Å². The molecule has 2 rings (SSSR count). The van der Waals surface area contributed by atoms with Crippen LogP contribution in [0.3, 0.4) is 0 Å². The maximum absolute atomic E-state index is 5.62. The standard InChI is InChI=1S/C11H13N3OS/c1-12-6-9-2-3-10(15-9)7-16-11-4-5-13-8-14-11/h2-5,8,12H,6-7H2,1H3. The predicted molar refractivity (Wildman–Crippen MR) is 63.1 cm³/mol. The molecule has 16 heavy (non-hydrogen) atoms. The molecule has 2 aromatic heterocycles. The zero-order valence-corrected chi connectivity index (χ0v) is 9.83. The second kappa shape index (κ2) is 5.67. The lowest BCUT2D eigenvalue weighted by molar-refractivity contribution is 0.469. The van der Waals surface area contributed by atoms with Gasteiger partial charge in [0.05, 0.1) is 17.3 Å². The molecule has 0 unspecified atom stereocenters. The molecule has 84 valence electrons. The van der Waals surface area contributed by atoms with Gasteiger partial charge in [-0.2, -0.15) is 0 Å². The summed E-state index contributed by atoms with van der Waals surface area (Å²) in [7, 11) is 1.90. The van der Waals surface area contributed by atoms with E-state index in [4.69, 9.17) is 4.42 Å². The van der Waals surface area contributed by atoms with Crippen molar-refractivity contribution in [3.63, 3.8) is 0 Å². The molecule has 0 saturated carbocycles. The molecule has 0 spiro atoms. The van der Waals surface area contributed by atoms with Crippen LogP contribution in [0.4, 0.5) is 0 Å². The van der Waals surface area contributed by atoms with Gasteiger partial charge in [0.1, 0.15) is 17.8 Å². The Bertz CT molecular complexity index is 430. The molecule has 0 aliphatic carbocycles. The summed E-state index contributed by atoms with van der Waals surface area (Å²) in [6, 6.07) is 5.88. The Balaban J connectivity index is 1.89. The highest BCUT2D eigenvalue weighted by molar-refractivity contribution is 7.98. The number of aromatic nitrogens is 2. The van der Waals surface area contributed by atoms with E-state index in [9.17, 15) is 0 Å². The Morgan fingerprint density at radius 1 is 1.31 bits per heavy atom. The van der Waals surface area contributed by atoms with E-state index in [1.54, 1.807) is 24.3 Å². The van der Waals surface area contributed by atoms with E-state index in [0.29, 0.717) is 0 Å². The maximum atomic E-state index is 5.62. The number of nitrogens with one attached hydrogen (secondary N) is 1. The van der Waals surface area contributed by atoms with Crippen molar-refractivity contribution in [3.8, 4) is 0 Å². The van der Waals surface area contributed by atoms with Gasteiger partial charge in [0, 0.05) is 6.20 Å². The van der Waals surface area contributed by atoms with Crippen molar-refractivity contribution >= 4 is 11.8 Å². The van der Waals surface area contributed by atoms with E-state index in [-0.39, 0.29) is 0 Å². The number of rotatable bonds is 5. The molecule has 4 nitrogen and oxygen atoms in total. The number of furan rings is 1. The molecule has 0 fully saturated rings. The molecule has 0 amide bonds. The van der Waals surface area contributed by atoms with Crippen LogP contribution in [-0.2, 0) is 12.3 Å². The number of nitrogens with zero attached hydrogens (tertiary/aromatic N) is 2. The maximum Gasteiger partial charge on any atom is 0.117 e. The van der Waals surface area contributed by atoms with Crippen molar-refractivity contribution < 1.29 is 4.42 Å². The van der Waals surface area contributed by atoms with Gasteiger partial charge in [-0.05, 0) is 25.2 Å². The molecule has 0 aliphatic rings. The van der Waals surface area contributed by atoms with Gasteiger partial charge >= 0.3 is 0 Å². The number of hydrogen-bond acceptors (Lipinski definition) is 5. The predicted octanol–water partition coefficient (Wildman–Crippen LogP) is 2.08.